The van der Waals surface area contributed by atoms with Gasteiger partial charge in [-0.3, -0.25) is 9.89 Å². The molecule has 1 aromatic carbocycles. The number of fused-ring (bicyclic) bond motifs is 1. The lowest BCUT2D eigenvalue weighted by Crippen LogP contribution is -2.25. The van der Waals surface area contributed by atoms with Crippen LogP contribution in [0.4, 0.5) is 5.82 Å². The Morgan fingerprint density at radius 1 is 1.38 bits per heavy atom. The Morgan fingerprint density at radius 3 is 2.92 bits per heavy atom. The first-order valence-corrected chi connectivity index (χ1v) is 8.51. The maximum atomic E-state index is 12.1. The highest BCUT2D eigenvalue weighted by Gasteiger charge is 2.36. The Bertz CT molecular complexity index is 780. The lowest BCUT2D eigenvalue weighted by molar-refractivity contribution is -0.116. The molecular formula is C18H21N3O3. The molecule has 0 unspecified atom stereocenters. The number of aromatic hydroxyl groups is 1. The van der Waals surface area contributed by atoms with Crippen LogP contribution in [0.15, 0.2) is 18.2 Å². The minimum absolute atomic E-state index is 0.0830. The van der Waals surface area contributed by atoms with Gasteiger partial charge >= 0.3 is 0 Å². The molecule has 3 N–H and O–H groups in total. The SMILES string of the molecule is CCOc1cccc([C@@H]2CC(=O)Nc3n[nH]c(C4CCC4)c32)c1O. The molecule has 0 saturated heterocycles. The molecule has 1 aromatic heterocycles. The standard InChI is InChI=1S/C18H21N3O3/c1-2-24-13-8-4-7-11(17(13)23)12-9-14(22)19-18-15(12)16(20-21-18)10-5-3-6-10/h4,7-8,10,12,23H,2-3,5-6,9H2,1H3,(H2,19,20,21,22)/t12-/m0/s1. The van der Waals surface area contributed by atoms with Gasteiger partial charge < -0.3 is 15.2 Å². The van der Waals surface area contributed by atoms with Crippen molar-refractivity contribution in [2.24, 2.45) is 0 Å². The van der Waals surface area contributed by atoms with Crippen LogP contribution >= 0.6 is 0 Å². The van der Waals surface area contributed by atoms with Crippen LogP contribution in [0.3, 0.4) is 0 Å². The number of para-hydroxylation sites is 1. The van der Waals surface area contributed by atoms with Gasteiger partial charge in [-0.2, -0.15) is 5.10 Å². The number of nitrogens with zero attached hydrogens (tertiary/aromatic N) is 1. The predicted octanol–water partition coefficient (Wildman–Crippen LogP) is 3.26. The van der Waals surface area contributed by atoms with Crippen molar-refractivity contribution < 1.29 is 14.6 Å². The molecule has 6 nitrogen and oxygen atoms in total. The van der Waals surface area contributed by atoms with E-state index in [4.69, 9.17) is 4.74 Å². The average Bonchev–Trinajstić information content (AvgIpc) is 2.91. The Kier molecular flexibility index (Phi) is 3.67. The van der Waals surface area contributed by atoms with Gasteiger partial charge in [0, 0.05) is 35.1 Å². The summed E-state index contributed by atoms with van der Waals surface area (Å²) in [4.78, 5) is 12.1. The van der Waals surface area contributed by atoms with Gasteiger partial charge in [-0.25, -0.2) is 0 Å². The summed E-state index contributed by atoms with van der Waals surface area (Å²) >= 11 is 0. The highest BCUT2D eigenvalue weighted by atomic mass is 16.5. The molecule has 1 atom stereocenters. The van der Waals surface area contributed by atoms with Crippen LogP contribution in [0.1, 0.15) is 61.3 Å². The molecule has 1 aliphatic heterocycles. The Hall–Kier alpha value is -2.50. The molecule has 1 aliphatic carbocycles. The lowest BCUT2D eigenvalue weighted by atomic mass is 9.76. The summed E-state index contributed by atoms with van der Waals surface area (Å²) in [6.45, 7) is 2.36. The molecule has 1 fully saturated rings. The van der Waals surface area contributed by atoms with Crippen molar-refractivity contribution in [3.63, 3.8) is 0 Å². The predicted molar refractivity (Wildman–Crippen MR) is 89.5 cm³/mol. The van der Waals surface area contributed by atoms with Crippen molar-refractivity contribution in [1.29, 1.82) is 0 Å². The van der Waals surface area contributed by atoms with Gasteiger partial charge in [0.15, 0.2) is 17.3 Å². The van der Waals surface area contributed by atoms with Crippen molar-refractivity contribution in [2.75, 3.05) is 11.9 Å². The number of carbonyl (C=O) groups is 1. The van der Waals surface area contributed by atoms with E-state index >= 15 is 0 Å². The lowest BCUT2D eigenvalue weighted by Gasteiger charge is -2.30. The van der Waals surface area contributed by atoms with Gasteiger partial charge in [-0.05, 0) is 25.8 Å². The molecule has 4 rings (SSSR count). The first kappa shape index (κ1) is 15.1. The summed E-state index contributed by atoms with van der Waals surface area (Å²) in [6.07, 6.45) is 3.80. The molecule has 1 saturated carbocycles. The minimum atomic E-state index is -0.205. The van der Waals surface area contributed by atoms with Gasteiger partial charge in [0.1, 0.15) is 0 Å². The van der Waals surface area contributed by atoms with Crippen LogP contribution in [0.2, 0.25) is 0 Å². The van der Waals surface area contributed by atoms with Crippen LogP contribution in [-0.4, -0.2) is 27.8 Å². The number of benzene rings is 1. The summed E-state index contributed by atoms with van der Waals surface area (Å²) in [5.74, 6) is 1.35. The molecule has 2 heterocycles. The molecule has 0 radical (unpaired) electrons. The largest absolute Gasteiger partial charge is 0.504 e. The third-order valence-corrected chi connectivity index (χ3v) is 5.05. The number of hydrogen-bond donors (Lipinski definition) is 3. The molecule has 126 valence electrons. The van der Waals surface area contributed by atoms with Crippen molar-refractivity contribution in [3.8, 4) is 11.5 Å². The summed E-state index contributed by atoms with van der Waals surface area (Å²) in [5, 5.41) is 20.9. The smallest absolute Gasteiger partial charge is 0.226 e. The van der Waals surface area contributed by atoms with E-state index in [1.165, 1.54) is 6.42 Å². The Balaban J connectivity index is 1.81. The summed E-state index contributed by atoms with van der Waals surface area (Å²) in [7, 11) is 0. The fraction of sp³-hybridized carbons (Fsp3) is 0.444. The average molecular weight is 327 g/mol. The van der Waals surface area contributed by atoms with Gasteiger partial charge in [-0.15, -0.1) is 0 Å². The Labute approximate surface area is 140 Å². The van der Waals surface area contributed by atoms with E-state index in [-0.39, 0.29) is 17.6 Å². The van der Waals surface area contributed by atoms with E-state index in [1.54, 1.807) is 6.07 Å². The van der Waals surface area contributed by atoms with E-state index in [0.717, 1.165) is 29.7 Å². The molecular weight excluding hydrogens is 306 g/mol. The molecule has 24 heavy (non-hydrogen) atoms. The van der Waals surface area contributed by atoms with Gasteiger partial charge in [0.2, 0.25) is 5.91 Å². The highest BCUT2D eigenvalue weighted by molar-refractivity contribution is 5.94. The van der Waals surface area contributed by atoms with Crippen LogP contribution in [0.5, 0.6) is 11.5 Å². The normalized spacial score (nSPS) is 20.2. The molecule has 6 heteroatoms. The van der Waals surface area contributed by atoms with Crippen LogP contribution in [-0.2, 0) is 4.79 Å². The number of H-pyrrole nitrogens is 1. The second kappa shape index (κ2) is 5.85. The van der Waals surface area contributed by atoms with Crippen LogP contribution < -0.4 is 10.1 Å². The number of carbonyl (C=O) groups excluding carboxylic acids is 1. The number of phenols is 1. The van der Waals surface area contributed by atoms with Crippen LogP contribution in [0, 0.1) is 0 Å². The van der Waals surface area contributed by atoms with E-state index in [0.29, 0.717) is 30.5 Å². The monoisotopic (exact) mass is 327 g/mol. The zero-order valence-electron chi connectivity index (χ0n) is 13.6. The van der Waals surface area contributed by atoms with Crippen molar-refractivity contribution >= 4 is 11.7 Å². The van der Waals surface area contributed by atoms with Crippen molar-refractivity contribution in [2.45, 2.75) is 44.4 Å². The molecule has 0 spiro atoms. The molecule has 1 amide bonds. The zero-order chi connectivity index (χ0) is 16.7. The number of amides is 1. The number of aromatic nitrogens is 2. The molecule has 2 aromatic rings. The summed E-state index contributed by atoms with van der Waals surface area (Å²) < 4.78 is 5.50. The topological polar surface area (TPSA) is 87.2 Å². The fourth-order valence-electron chi connectivity index (χ4n) is 3.65. The number of rotatable bonds is 4. The molecule has 2 aliphatic rings. The van der Waals surface area contributed by atoms with Crippen LogP contribution in [0.25, 0.3) is 0 Å². The summed E-state index contributed by atoms with van der Waals surface area (Å²) in [6, 6.07) is 5.46. The second-order valence-electron chi connectivity index (χ2n) is 6.46. The maximum absolute atomic E-state index is 12.1. The van der Waals surface area contributed by atoms with Gasteiger partial charge in [-0.1, -0.05) is 18.6 Å². The number of aromatic amines is 1. The third kappa shape index (κ3) is 2.33. The van der Waals surface area contributed by atoms with Crippen molar-refractivity contribution in [3.05, 3.63) is 35.0 Å². The van der Waals surface area contributed by atoms with E-state index in [1.807, 2.05) is 19.1 Å². The summed E-state index contributed by atoms with van der Waals surface area (Å²) in [5.41, 5.74) is 2.84. The van der Waals surface area contributed by atoms with Gasteiger partial charge in [0.25, 0.3) is 0 Å². The number of phenolic OH excluding ortho intramolecular Hbond substituents is 1. The first-order chi connectivity index (χ1) is 11.7. The van der Waals surface area contributed by atoms with Crippen molar-refractivity contribution in [1.82, 2.24) is 10.2 Å². The number of nitrogens with one attached hydrogen (secondary N) is 2. The second-order valence-corrected chi connectivity index (χ2v) is 6.46. The van der Waals surface area contributed by atoms with E-state index < -0.39 is 0 Å². The van der Waals surface area contributed by atoms with E-state index in [2.05, 4.69) is 15.5 Å². The van der Waals surface area contributed by atoms with Gasteiger partial charge in [0.05, 0.1) is 6.61 Å². The van der Waals surface area contributed by atoms with E-state index in [9.17, 15) is 9.90 Å². The number of hydrogen-bond acceptors (Lipinski definition) is 4. The quantitative estimate of drug-likeness (QED) is 0.804. The number of ether oxygens (including phenoxy) is 1. The highest BCUT2D eigenvalue weighted by Crippen LogP contribution is 2.48. The third-order valence-electron chi connectivity index (χ3n) is 5.05. The zero-order valence-corrected chi connectivity index (χ0v) is 13.6. The molecule has 0 bridgehead atoms. The fourth-order valence-corrected chi connectivity index (χ4v) is 3.65. The maximum Gasteiger partial charge on any atom is 0.226 e. The minimum Gasteiger partial charge on any atom is -0.504 e. The number of anilines is 1. The Morgan fingerprint density at radius 2 is 2.21 bits per heavy atom. The first-order valence-electron chi connectivity index (χ1n) is 8.51.